The molecule has 2 aliphatic heterocycles. The van der Waals surface area contributed by atoms with Gasteiger partial charge >= 0.3 is 0 Å². The van der Waals surface area contributed by atoms with Crippen molar-refractivity contribution in [2.45, 2.75) is 37.1 Å². The number of hydrogen-bond acceptors (Lipinski definition) is 5. The molecule has 2 aliphatic rings. The molecule has 140 valence electrons. The number of ether oxygens (including phenoxy) is 1. The van der Waals surface area contributed by atoms with Crippen LogP contribution in [0.15, 0.2) is 17.0 Å². The van der Waals surface area contributed by atoms with Crippen LogP contribution in [-0.2, 0) is 14.8 Å². The highest BCUT2D eigenvalue weighted by molar-refractivity contribution is 7.89. The van der Waals surface area contributed by atoms with Crippen molar-refractivity contribution in [2.24, 2.45) is 0 Å². The third-order valence-corrected chi connectivity index (χ3v) is 6.91. The Morgan fingerprint density at radius 3 is 2.36 bits per heavy atom. The SMILES string of the molecule is Cc1nc(C(F)F)ccc1S(=O)(=O)N1CCN(C2CCOCC2)CC1. The van der Waals surface area contributed by atoms with Crippen LogP contribution in [0.1, 0.15) is 30.7 Å². The first kappa shape index (κ1) is 18.6. The van der Waals surface area contributed by atoms with E-state index in [9.17, 15) is 17.2 Å². The van der Waals surface area contributed by atoms with Gasteiger partial charge < -0.3 is 4.74 Å². The molecule has 3 rings (SSSR count). The van der Waals surface area contributed by atoms with Crippen molar-refractivity contribution in [3.05, 3.63) is 23.5 Å². The first-order valence-corrected chi connectivity index (χ1v) is 9.91. The minimum absolute atomic E-state index is 0.0106. The van der Waals surface area contributed by atoms with Crippen LogP contribution in [0.3, 0.4) is 0 Å². The normalized spacial score (nSPS) is 21.8. The molecule has 2 saturated heterocycles. The van der Waals surface area contributed by atoms with Gasteiger partial charge in [-0.15, -0.1) is 0 Å². The molecule has 0 radical (unpaired) electrons. The van der Waals surface area contributed by atoms with Crippen molar-refractivity contribution in [2.75, 3.05) is 39.4 Å². The molecule has 0 aromatic carbocycles. The summed E-state index contributed by atoms with van der Waals surface area (Å²) in [5.41, 5.74) is -0.287. The lowest BCUT2D eigenvalue weighted by Gasteiger charge is -2.40. The van der Waals surface area contributed by atoms with Crippen LogP contribution in [0.4, 0.5) is 8.78 Å². The average molecular weight is 375 g/mol. The predicted octanol–water partition coefficient (Wildman–Crippen LogP) is 1.81. The van der Waals surface area contributed by atoms with E-state index in [1.165, 1.54) is 17.3 Å². The van der Waals surface area contributed by atoms with Crippen LogP contribution in [0.25, 0.3) is 0 Å². The van der Waals surface area contributed by atoms with Gasteiger partial charge in [-0.3, -0.25) is 9.88 Å². The Bertz CT molecular complexity index is 701. The van der Waals surface area contributed by atoms with Crippen molar-refractivity contribution in [3.8, 4) is 0 Å². The molecule has 0 bridgehead atoms. The average Bonchev–Trinajstić information content (AvgIpc) is 2.62. The van der Waals surface area contributed by atoms with Crippen molar-refractivity contribution < 1.29 is 21.9 Å². The molecule has 9 heteroatoms. The van der Waals surface area contributed by atoms with Gasteiger partial charge in [0.2, 0.25) is 10.0 Å². The Hall–Kier alpha value is -1.16. The fourth-order valence-corrected chi connectivity index (χ4v) is 5.04. The summed E-state index contributed by atoms with van der Waals surface area (Å²) in [6.45, 7) is 5.11. The third-order valence-electron chi connectivity index (χ3n) is 4.88. The standard InChI is InChI=1S/C16H23F2N3O3S/c1-12-15(3-2-14(19-12)16(17)18)25(22,23)21-8-6-20(7-9-21)13-4-10-24-11-5-13/h2-3,13,16H,4-11H2,1H3. The summed E-state index contributed by atoms with van der Waals surface area (Å²) < 4.78 is 57.9. The topological polar surface area (TPSA) is 62.7 Å². The molecule has 0 amide bonds. The van der Waals surface area contributed by atoms with Crippen molar-refractivity contribution in [1.82, 2.24) is 14.2 Å². The van der Waals surface area contributed by atoms with E-state index in [4.69, 9.17) is 4.74 Å². The summed E-state index contributed by atoms with van der Waals surface area (Å²) in [7, 11) is -3.71. The van der Waals surface area contributed by atoms with Crippen LogP contribution in [-0.4, -0.2) is 68.0 Å². The molecule has 0 spiro atoms. The fourth-order valence-electron chi connectivity index (χ4n) is 3.46. The zero-order valence-electron chi connectivity index (χ0n) is 14.2. The number of halogens is 2. The summed E-state index contributed by atoms with van der Waals surface area (Å²) in [5.74, 6) is 0. The summed E-state index contributed by atoms with van der Waals surface area (Å²) >= 11 is 0. The van der Waals surface area contributed by atoms with Crippen molar-refractivity contribution >= 4 is 10.0 Å². The van der Waals surface area contributed by atoms with E-state index in [1.54, 1.807) is 0 Å². The van der Waals surface area contributed by atoms with Crippen LogP contribution in [0.2, 0.25) is 0 Å². The first-order chi connectivity index (χ1) is 11.9. The Kier molecular flexibility index (Phi) is 5.67. The number of nitrogens with zero attached hydrogens (tertiary/aromatic N) is 3. The van der Waals surface area contributed by atoms with Crippen LogP contribution in [0.5, 0.6) is 0 Å². The number of rotatable bonds is 4. The molecule has 0 saturated carbocycles. The summed E-state index contributed by atoms with van der Waals surface area (Å²) in [4.78, 5) is 6.07. The largest absolute Gasteiger partial charge is 0.381 e. The monoisotopic (exact) mass is 375 g/mol. The van der Waals surface area contributed by atoms with Gasteiger partial charge in [-0.1, -0.05) is 0 Å². The second-order valence-electron chi connectivity index (χ2n) is 6.40. The van der Waals surface area contributed by atoms with Gasteiger partial charge in [-0.05, 0) is 31.9 Å². The number of alkyl halides is 2. The van der Waals surface area contributed by atoms with Crippen molar-refractivity contribution in [1.29, 1.82) is 0 Å². The highest BCUT2D eigenvalue weighted by atomic mass is 32.2. The van der Waals surface area contributed by atoms with Gasteiger partial charge in [0.1, 0.15) is 10.6 Å². The number of aryl methyl sites for hydroxylation is 1. The molecular weight excluding hydrogens is 352 g/mol. The van der Waals surface area contributed by atoms with Gasteiger partial charge in [0.05, 0.1) is 5.69 Å². The van der Waals surface area contributed by atoms with Crippen LogP contribution >= 0.6 is 0 Å². The van der Waals surface area contributed by atoms with Gasteiger partial charge in [0, 0.05) is 45.4 Å². The highest BCUT2D eigenvalue weighted by Gasteiger charge is 2.32. The Morgan fingerprint density at radius 2 is 1.80 bits per heavy atom. The molecule has 25 heavy (non-hydrogen) atoms. The van der Waals surface area contributed by atoms with Crippen LogP contribution < -0.4 is 0 Å². The highest BCUT2D eigenvalue weighted by Crippen LogP contribution is 2.25. The molecule has 2 fully saturated rings. The van der Waals surface area contributed by atoms with E-state index in [0.29, 0.717) is 32.2 Å². The van der Waals surface area contributed by atoms with E-state index in [2.05, 4.69) is 9.88 Å². The number of piperazine rings is 1. The van der Waals surface area contributed by atoms with E-state index in [1.807, 2.05) is 0 Å². The molecule has 1 aromatic heterocycles. The van der Waals surface area contributed by atoms with E-state index < -0.39 is 22.1 Å². The maximum atomic E-state index is 12.8. The summed E-state index contributed by atoms with van der Waals surface area (Å²) in [5, 5.41) is 0. The zero-order chi connectivity index (χ0) is 18.0. The summed E-state index contributed by atoms with van der Waals surface area (Å²) in [6, 6.07) is 2.78. The second-order valence-corrected chi connectivity index (χ2v) is 8.31. The van der Waals surface area contributed by atoms with Gasteiger partial charge in [-0.2, -0.15) is 4.31 Å². The molecule has 0 unspecified atom stereocenters. The van der Waals surface area contributed by atoms with Crippen molar-refractivity contribution in [3.63, 3.8) is 0 Å². The molecular formula is C16H23F2N3O3S. The molecule has 3 heterocycles. The van der Waals surface area contributed by atoms with E-state index in [-0.39, 0.29) is 10.6 Å². The van der Waals surface area contributed by atoms with Gasteiger partial charge in [-0.25, -0.2) is 17.2 Å². The lowest BCUT2D eigenvalue weighted by molar-refractivity contribution is 0.0229. The number of sulfonamides is 1. The fraction of sp³-hybridized carbons (Fsp3) is 0.688. The lowest BCUT2D eigenvalue weighted by atomic mass is 10.1. The predicted molar refractivity (Wildman–Crippen MR) is 88.1 cm³/mol. The second kappa shape index (κ2) is 7.61. The molecule has 0 aliphatic carbocycles. The van der Waals surface area contributed by atoms with E-state index >= 15 is 0 Å². The Morgan fingerprint density at radius 1 is 1.16 bits per heavy atom. The van der Waals surface area contributed by atoms with E-state index in [0.717, 1.165) is 32.1 Å². The minimum Gasteiger partial charge on any atom is -0.381 e. The third kappa shape index (κ3) is 3.99. The minimum atomic E-state index is -3.71. The number of pyridine rings is 1. The Balaban J connectivity index is 1.69. The number of hydrogen-bond donors (Lipinski definition) is 0. The molecule has 1 aromatic rings. The Labute approximate surface area is 146 Å². The lowest BCUT2D eigenvalue weighted by Crippen LogP contribution is -2.53. The summed E-state index contributed by atoms with van der Waals surface area (Å²) in [6.07, 6.45) is -0.756. The first-order valence-electron chi connectivity index (χ1n) is 8.47. The maximum Gasteiger partial charge on any atom is 0.280 e. The quantitative estimate of drug-likeness (QED) is 0.803. The molecule has 0 N–H and O–H groups in total. The maximum absolute atomic E-state index is 12.8. The smallest absolute Gasteiger partial charge is 0.280 e. The molecule has 0 atom stereocenters. The van der Waals surface area contributed by atoms with Gasteiger partial charge in [0.25, 0.3) is 6.43 Å². The van der Waals surface area contributed by atoms with Gasteiger partial charge in [0.15, 0.2) is 0 Å². The molecule has 6 nitrogen and oxygen atoms in total. The number of aromatic nitrogens is 1. The van der Waals surface area contributed by atoms with Crippen LogP contribution in [0, 0.1) is 6.92 Å². The zero-order valence-corrected chi connectivity index (χ0v) is 15.0.